The molecule has 19 heavy (non-hydrogen) atoms. The zero-order chi connectivity index (χ0) is 13.4. The van der Waals surface area contributed by atoms with E-state index in [1.54, 1.807) is 11.3 Å². The Kier molecular flexibility index (Phi) is 3.37. The van der Waals surface area contributed by atoms with Crippen molar-refractivity contribution in [2.45, 2.75) is 25.4 Å². The van der Waals surface area contributed by atoms with Gasteiger partial charge in [0.25, 0.3) is 0 Å². The zero-order valence-corrected chi connectivity index (χ0v) is 11.8. The van der Waals surface area contributed by atoms with Crippen LogP contribution in [-0.4, -0.2) is 6.04 Å². The highest BCUT2D eigenvalue weighted by atomic mass is 35.5. The van der Waals surface area contributed by atoms with Crippen molar-refractivity contribution in [2.75, 3.05) is 10.6 Å². The van der Waals surface area contributed by atoms with Crippen LogP contribution in [0.3, 0.4) is 0 Å². The molecule has 1 aromatic carbocycles. The molecule has 0 amide bonds. The molecule has 1 aromatic heterocycles. The summed E-state index contributed by atoms with van der Waals surface area (Å²) in [6.45, 7) is 0.771. The molecule has 1 fully saturated rings. The molecule has 1 heterocycles. The third-order valence-corrected chi connectivity index (χ3v) is 4.42. The molecule has 0 spiro atoms. The van der Waals surface area contributed by atoms with Gasteiger partial charge in [0.05, 0.1) is 22.9 Å². The van der Waals surface area contributed by atoms with Crippen LogP contribution in [0.15, 0.2) is 29.6 Å². The molecule has 0 saturated heterocycles. The number of nitrogen functional groups attached to an aromatic ring is 1. The van der Waals surface area contributed by atoms with E-state index >= 15 is 0 Å². The van der Waals surface area contributed by atoms with Crippen LogP contribution in [0.1, 0.15) is 17.7 Å². The van der Waals surface area contributed by atoms with Gasteiger partial charge in [0.2, 0.25) is 0 Å². The number of thiophene rings is 1. The Bertz CT molecular complexity index is 581. The number of nitrogens with two attached hydrogens (primary N) is 1. The van der Waals surface area contributed by atoms with Gasteiger partial charge < -0.3 is 10.6 Å². The molecule has 100 valence electrons. The Labute approximate surface area is 120 Å². The first-order chi connectivity index (χ1) is 9.15. The highest BCUT2D eigenvalue weighted by Crippen LogP contribution is 2.38. The summed E-state index contributed by atoms with van der Waals surface area (Å²) in [6, 6.07) is 7.52. The lowest BCUT2D eigenvalue weighted by Crippen LogP contribution is -2.25. The van der Waals surface area contributed by atoms with E-state index in [0.717, 1.165) is 25.1 Å². The van der Waals surface area contributed by atoms with Crippen molar-refractivity contribution >= 4 is 34.3 Å². The maximum absolute atomic E-state index is 13.7. The van der Waals surface area contributed by atoms with Crippen molar-refractivity contribution in [1.29, 1.82) is 0 Å². The SMILES string of the molecule is Nc1cc(Cl)c(F)cc1N(Cc1cccs1)C1CC1. The van der Waals surface area contributed by atoms with Gasteiger partial charge in [0.1, 0.15) is 5.82 Å². The molecule has 2 nitrogen and oxygen atoms in total. The van der Waals surface area contributed by atoms with Gasteiger partial charge in [-0.25, -0.2) is 4.39 Å². The van der Waals surface area contributed by atoms with Gasteiger partial charge in [-0.1, -0.05) is 17.7 Å². The first kappa shape index (κ1) is 12.8. The lowest BCUT2D eigenvalue weighted by atomic mass is 10.2. The second kappa shape index (κ2) is 5.02. The maximum atomic E-state index is 13.7. The van der Waals surface area contributed by atoms with Gasteiger partial charge in [0.15, 0.2) is 0 Å². The van der Waals surface area contributed by atoms with Gasteiger partial charge in [-0.3, -0.25) is 0 Å². The number of hydrogen-bond donors (Lipinski definition) is 1. The predicted molar refractivity (Wildman–Crippen MR) is 79.3 cm³/mol. The highest BCUT2D eigenvalue weighted by Gasteiger charge is 2.31. The molecular weight excluding hydrogens is 283 g/mol. The molecule has 0 atom stereocenters. The fourth-order valence-corrected chi connectivity index (χ4v) is 3.04. The third-order valence-electron chi connectivity index (χ3n) is 3.27. The molecule has 2 aromatic rings. The average molecular weight is 297 g/mol. The molecule has 0 bridgehead atoms. The number of benzene rings is 1. The standard InChI is InChI=1S/C14H14ClFN2S/c15-11-6-13(17)14(7-12(11)16)18(9-3-4-9)8-10-2-1-5-19-10/h1-2,5-7,9H,3-4,8,17H2. The van der Waals surface area contributed by atoms with Crippen LogP contribution in [0.2, 0.25) is 5.02 Å². The molecule has 0 unspecified atom stereocenters. The Morgan fingerprint density at radius 2 is 2.21 bits per heavy atom. The monoisotopic (exact) mass is 296 g/mol. The second-order valence-corrected chi connectivity index (χ2v) is 6.20. The topological polar surface area (TPSA) is 29.3 Å². The van der Waals surface area contributed by atoms with E-state index in [2.05, 4.69) is 11.0 Å². The molecule has 1 aliphatic rings. The van der Waals surface area contributed by atoms with Crippen molar-refractivity contribution in [2.24, 2.45) is 0 Å². The fourth-order valence-electron chi connectivity index (χ4n) is 2.17. The molecule has 0 aliphatic heterocycles. The lowest BCUT2D eigenvalue weighted by molar-refractivity contribution is 0.627. The van der Waals surface area contributed by atoms with Crippen LogP contribution in [0.5, 0.6) is 0 Å². The van der Waals surface area contributed by atoms with Crippen molar-refractivity contribution in [3.05, 3.63) is 45.4 Å². The minimum Gasteiger partial charge on any atom is -0.397 e. The second-order valence-electron chi connectivity index (χ2n) is 4.76. The lowest BCUT2D eigenvalue weighted by Gasteiger charge is -2.25. The summed E-state index contributed by atoms with van der Waals surface area (Å²) in [4.78, 5) is 3.43. The molecular formula is C14H14ClFN2S. The van der Waals surface area contributed by atoms with Gasteiger partial charge in [-0.15, -0.1) is 11.3 Å². The molecule has 0 radical (unpaired) electrons. The minimum atomic E-state index is -0.414. The van der Waals surface area contributed by atoms with E-state index in [1.165, 1.54) is 17.0 Å². The first-order valence-corrected chi connectivity index (χ1v) is 7.44. The number of nitrogens with zero attached hydrogens (tertiary/aromatic N) is 1. The summed E-state index contributed by atoms with van der Waals surface area (Å²) >= 11 is 7.46. The Morgan fingerprint density at radius 3 is 2.84 bits per heavy atom. The Hall–Kier alpha value is -1.26. The van der Waals surface area contributed by atoms with E-state index < -0.39 is 5.82 Å². The molecule has 3 rings (SSSR count). The van der Waals surface area contributed by atoms with E-state index in [1.807, 2.05) is 11.4 Å². The summed E-state index contributed by atoms with van der Waals surface area (Å²) in [5.74, 6) is -0.414. The number of anilines is 2. The average Bonchev–Trinajstić information content (AvgIpc) is 3.09. The molecule has 5 heteroatoms. The third kappa shape index (κ3) is 2.69. The van der Waals surface area contributed by atoms with Crippen molar-refractivity contribution < 1.29 is 4.39 Å². The highest BCUT2D eigenvalue weighted by molar-refractivity contribution is 7.09. The van der Waals surface area contributed by atoms with E-state index in [9.17, 15) is 4.39 Å². The minimum absolute atomic E-state index is 0.0770. The summed E-state index contributed by atoms with van der Waals surface area (Å²) in [6.07, 6.45) is 2.27. The van der Waals surface area contributed by atoms with Gasteiger partial charge in [-0.05, 0) is 30.4 Å². The van der Waals surface area contributed by atoms with E-state index in [0.29, 0.717) is 11.7 Å². The van der Waals surface area contributed by atoms with Gasteiger partial charge in [-0.2, -0.15) is 0 Å². The van der Waals surface area contributed by atoms with Crippen LogP contribution in [0.4, 0.5) is 15.8 Å². The zero-order valence-electron chi connectivity index (χ0n) is 10.3. The first-order valence-electron chi connectivity index (χ1n) is 6.18. The Morgan fingerprint density at radius 1 is 1.42 bits per heavy atom. The van der Waals surface area contributed by atoms with Gasteiger partial charge >= 0.3 is 0 Å². The van der Waals surface area contributed by atoms with Crippen LogP contribution < -0.4 is 10.6 Å². The van der Waals surface area contributed by atoms with Crippen molar-refractivity contribution in [3.63, 3.8) is 0 Å². The van der Waals surface area contributed by atoms with E-state index in [-0.39, 0.29) is 5.02 Å². The summed E-state index contributed by atoms with van der Waals surface area (Å²) in [5.41, 5.74) is 7.28. The maximum Gasteiger partial charge on any atom is 0.144 e. The largest absolute Gasteiger partial charge is 0.397 e. The smallest absolute Gasteiger partial charge is 0.144 e. The quantitative estimate of drug-likeness (QED) is 0.853. The molecule has 2 N–H and O–H groups in total. The molecule has 1 aliphatic carbocycles. The number of halogens is 2. The van der Waals surface area contributed by atoms with Crippen molar-refractivity contribution in [3.8, 4) is 0 Å². The number of rotatable bonds is 4. The van der Waals surface area contributed by atoms with E-state index in [4.69, 9.17) is 17.3 Å². The number of hydrogen-bond acceptors (Lipinski definition) is 3. The van der Waals surface area contributed by atoms with Crippen LogP contribution >= 0.6 is 22.9 Å². The van der Waals surface area contributed by atoms with Crippen molar-refractivity contribution in [1.82, 2.24) is 0 Å². The predicted octanol–water partition coefficient (Wildman–Crippen LogP) is 4.29. The van der Waals surface area contributed by atoms with Crippen LogP contribution in [0, 0.1) is 5.82 Å². The summed E-state index contributed by atoms with van der Waals surface area (Å²) < 4.78 is 13.7. The van der Waals surface area contributed by atoms with Gasteiger partial charge in [0, 0.05) is 17.0 Å². The fraction of sp³-hybridized carbons (Fsp3) is 0.286. The van der Waals surface area contributed by atoms with Crippen LogP contribution in [-0.2, 0) is 6.54 Å². The normalized spacial score (nSPS) is 14.6. The van der Waals surface area contributed by atoms with Crippen LogP contribution in [0.25, 0.3) is 0 Å². The Balaban J connectivity index is 1.94. The summed E-state index contributed by atoms with van der Waals surface area (Å²) in [5, 5.41) is 2.12. The summed E-state index contributed by atoms with van der Waals surface area (Å²) in [7, 11) is 0. The molecule has 1 saturated carbocycles.